The molecular weight excluding hydrogens is 402 g/mol. The normalized spacial score (nSPS) is 21.6. The van der Waals surface area contributed by atoms with Crippen LogP contribution in [-0.2, 0) is 25.6 Å². The van der Waals surface area contributed by atoms with E-state index in [-0.39, 0.29) is 29.9 Å². The lowest BCUT2D eigenvalue weighted by Gasteiger charge is -2.31. The smallest absolute Gasteiger partial charge is 0.330 e. The first-order valence-electron chi connectivity index (χ1n) is 11.2. The zero-order valence-corrected chi connectivity index (χ0v) is 19.4. The van der Waals surface area contributed by atoms with Crippen molar-refractivity contribution in [2.24, 2.45) is 5.92 Å². The van der Waals surface area contributed by atoms with Crippen molar-refractivity contribution in [3.63, 3.8) is 0 Å². The van der Waals surface area contributed by atoms with Gasteiger partial charge >= 0.3 is 11.9 Å². The zero-order chi connectivity index (χ0) is 23.1. The fourth-order valence-electron chi connectivity index (χ4n) is 4.22. The largest absolute Gasteiger partial charge is 0.463 e. The summed E-state index contributed by atoms with van der Waals surface area (Å²) >= 11 is 0. The van der Waals surface area contributed by atoms with Crippen LogP contribution in [0.4, 0.5) is 0 Å². The van der Waals surface area contributed by atoms with E-state index in [4.69, 9.17) is 9.47 Å². The van der Waals surface area contributed by atoms with Crippen LogP contribution in [-0.4, -0.2) is 35.1 Å². The third-order valence-corrected chi connectivity index (χ3v) is 5.46. The zero-order valence-electron chi connectivity index (χ0n) is 19.4. The highest BCUT2D eigenvalue weighted by molar-refractivity contribution is 5.82. The van der Waals surface area contributed by atoms with E-state index in [9.17, 15) is 9.59 Å². The fourth-order valence-corrected chi connectivity index (χ4v) is 4.22. The summed E-state index contributed by atoms with van der Waals surface area (Å²) in [5, 5.41) is 0. The van der Waals surface area contributed by atoms with Gasteiger partial charge in [0.2, 0.25) is 0 Å². The molecule has 1 saturated heterocycles. The molecule has 170 valence electrons. The van der Waals surface area contributed by atoms with Crippen molar-refractivity contribution in [3.05, 3.63) is 83.9 Å². The fraction of sp³-hybridized carbons (Fsp3) is 0.407. The average Bonchev–Trinajstić information content (AvgIpc) is 3.11. The topological polar surface area (TPSA) is 55.8 Å². The molecule has 2 aromatic rings. The number of nitrogens with zero attached hydrogens (tertiary/aromatic N) is 1. The van der Waals surface area contributed by atoms with Gasteiger partial charge in [0.15, 0.2) is 0 Å². The van der Waals surface area contributed by atoms with Crippen LogP contribution < -0.4 is 0 Å². The lowest BCUT2D eigenvalue weighted by molar-refractivity contribution is -0.161. The molecule has 0 saturated carbocycles. The van der Waals surface area contributed by atoms with Crippen molar-refractivity contribution in [2.75, 3.05) is 6.61 Å². The highest BCUT2D eigenvalue weighted by Gasteiger charge is 2.46. The Balaban J connectivity index is 1.99. The Morgan fingerprint density at radius 3 is 2.25 bits per heavy atom. The summed E-state index contributed by atoms with van der Waals surface area (Å²) in [6, 6.07) is 20.0. The third-order valence-electron chi connectivity index (χ3n) is 5.46. The Bertz CT molecular complexity index is 918. The van der Waals surface area contributed by atoms with Crippen LogP contribution in [0.5, 0.6) is 0 Å². The molecule has 0 spiro atoms. The minimum Gasteiger partial charge on any atom is -0.463 e. The summed E-state index contributed by atoms with van der Waals surface area (Å²) in [6.45, 7) is 8.42. The third kappa shape index (κ3) is 6.30. The predicted octanol–water partition coefficient (Wildman–Crippen LogP) is 5.08. The molecule has 0 amide bonds. The van der Waals surface area contributed by atoms with Gasteiger partial charge < -0.3 is 9.47 Å². The Morgan fingerprint density at radius 1 is 1.03 bits per heavy atom. The highest BCUT2D eigenvalue weighted by Crippen LogP contribution is 2.43. The molecule has 1 aliphatic rings. The molecule has 0 unspecified atom stereocenters. The Labute approximate surface area is 191 Å². The minimum atomic E-state index is -0.568. The van der Waals surface area contributed by atoms with Gasteiger partial charge in [-0.1, -0.05) is 66.7 Å². The number of carbonyl (C=O) groups is 2. The molecular formula is C27H33NO4. The van der Waals surface area contributed by atoms with E-state index in [0.29, 0.717) is 19.6 Å². The number of esters is 2. The second kappa shape index (κ2) is 10.6. The summed E-state index contributed by atoms with van der Waals surface area (Å²) in [4.78, 5) is 27.6. The van der Waals surface area contributed by atoms with Gasteiger partial charge in [-0.25, -0.2) is 4.79 Å². The summed E-state index contributed by atoms with van der Waals surface area (Å²) in [7, 11) is 0. The lowest BCUT2D eigenvalue weighted by Crippen LogP contribution is -2.34. The van der Waals surface area contributed by atoms with Gasteiger partial charge in [-0.15, -0.1) is 0 Å². The van der Waals surface area contributed by atoms with Crippen LogP contribution in [0.15, 0.2) is 72.8 Å². The van der Waals surface area contributed by atoms with Crippen molar-refractivity contribution in [3.8, 4) is 0 Å². The Hall–Kier alpha value is -2.92. The van der Waals surface area contributed by atoms with Crippen molar-refractivity contribution < 1.29 is 19.1 Å². The summed E-state index contributed by atoms with van der Waals surface area (Å²) in [5.74, 6) is -0.933. The maximum absolute atomic E-state index is 13.3. The number of carbonyl (C=O) groups excluding carboxylic acids is 2. The molecule has 1 aliphatic heterocycles. The molecule has 0 N–H and O–H groups in total. The van der Waals surface area contributed by atoms with Crippen molar-refractivity contribution in [1.29, 1.82) is 0 Å². The van der Waals surface area contributed by atoms with E-state index in [2.05, 4.69) is 29.2 Å². The second-order valence-electron chi connectivity index (χ2n) is 9.07. The lowest BCUT2D eigenvalue weighted by atomic mass is 9.92. The Kier molecular flexibility index (Phi) is 7.86. The van der Waals surface area contributed by atoms with Gasteiger partial charge in [-0.05, 0) is 45.2 Å². The molecule has 0 aliphatic carbocycles. The number of rotatable bonds is 7. The predicted molar refractivity (Wildman–Crippen MR) is 125 cm³/mol. The molecule has 1 heterocycles. The van der Waals surface area contributed by atoms with Crippen LogP contribution in [0.1, 0.15) is 51.3 Å². The number of benzene rings is 2. The van der Waals surface area contributed by atoms with Crippen molar-refractivity contribution in [2.45, 2.75) is 58.3 Å². The van der Waals surface area contributed by atoms with E-state index in [1.807, 2.05) is 63.2 Å². The van der Waals surface area contributed by atoms with Gasteiger partial charge in [0.05, 0.1) is 12.5 Å². The molecule has 0 radical (unpaired) electrons. The number of hydrogen-bond donors (Lipinski definition) is 0. The highest BCUT2D eigenvalue weighted by atomic mass is 16.6. The number of likely N-dealkylation sites (tertiary alicyclic amines) is 1. The van der Waals surface area contributed by atoms with Crippen LogP contribution in [0, 0.1) is 5.92 Å². The number of ether oxygens (including phenoxy) is 2. The SMILES string of the molecule is CCOC(=O)/C=C/[C@H]1C[C@@H](C(=O)OC(C)(C)C)[C@@H](c2ccccc2)N1Cc1ccccc1. The Morgan fingerprint density at radius 2 is 1.66 bits per heavy atom. The quantitative estimate of drug-likeness (QED) is 0.448. The molecule has 32 heavy (non-hydrogen) atoms. The molecule has 1 fully saturated rings. The molecule has 5 nitrogen and oxygen atoms in total. The van der Waals surface area contributed by atoms with Gasteiger partial charge in [-0.2, -0.15) is 0 Å². The standard InChI is InChI=1S/C27H33NO4/c1-5-31-24(29)17-16-22-18-23(26(30)32-27(2,3)4)25(21-14-10-7-11-15-21)28(22)19-20-12-8-6-9-13-20/h6-17,22-23,25H,5,18-19H2,1-4H3/b17-16+/t22-,23+,25+/m0/s1. The van der Waals surface area contributed by atoms with E-state index in [0.717, 1.165) is 11.1 Å². The molecule has 5 heteroatoms. The van der Waals surface area contributed by atoms with E-state index in [1.54, 1.807) is 6.92 Å². The first-order valence-corrected chi connectivity index (χ1v) is 11.2. The van der Waals surface area contributed by atoms with E-state index < -0.39 is 5.60 Å². The summed E-state index contributed by atoms with van der Waals surface area (Å²) in [5.41, 5.74) is 1.64. The molecule has 0 aromatic heterocycles. The van der Waals surface area contributed by atoms with Crippen LogP contribution in [0.25, 0.3) is 0 Å². The van der Waals surface area contributed by atoms with Crippen molar-refractivity contribution >= 4 is 11.9 Å². The van der Waals surface area contributed by atoms with Crippen LogP contribution in [0.3, 0.4) is 0 Å². The van der Waals surface area contributed by atoms with Crippen molar-refractivity contribution in [1.82, 2.24) is 4.90 Å². The maximum Gasteiger partial charge on any atom is 0.330 e. The minimum absolute atomic E-state index is 0.109. The summed E-state index contributed by atoms with van der Waals surface area (Å²) in [6.07, 6.45) is 3.91. The first-order chi connectivity index (χ1) is 15.3. The van der Waals surface area contributed by atoms with E-state index >= 15 is 0 Å². The maximum atomic E-state index is 13.3. The van der Waals surface area contributed by atoms with Gasteiger partial charge in [0, 0.05) is 24.7 Å². The second-order valence-corrected chi connectivity index (χ2v) is 9.07. The van der Waals surface area contributed by atoms with E-state index in [1.165, 1.54) is 6.08 Å². The monoisotopic (exact) mass is 435 g/mol. The molecule has 3 rings (SSSR count). The van der Waals surface area contributed by atoms with Gasteiger partial charge in [0.1, 0.15) is 5.60 Å². The van der Waals surface area contributed by atoms with Gasteiger partial charge in [0.25, 0.3) is 0 Å². The van der Waals surface area contributed by atoms with Crippen LogP contribution >= 0.6 is 0 Å². The van der Waals surface area contributed by atoms with Gasteiger partial charge in [-0.3, -0.25) is 9.69 Å². The first kappa shape index (κ1) is 23.7. The summed E-state index contributed by atoms with van der Waals surface area (Å²) < 4.78 is 10.9. The molecule has 3 atom stereocenters. The molecule has 2 aromatic carbocycles. The number of hydrogen-bond acceptors (Lipinski definition) is 5. The van der Waals surface area contributed by atoms with Crippen LogP contribution in [0.2, 0.25) is 0 Å². The average molecular weight is 436 g/mol. The molecule has 0 bridgehead atoms.